The molecule has 0 bridgehead atoms. The number of hydrogen-bond acceptors (Lipinski definition) is 7. The molecule has 1 fully saturated rings. The van der Waals surface area contributed by atoms with Gasteiger partial charge in [0.2, 0.25) is 17.7 Å². The Balaban J connectivity index is 1.50. The van der Waals surface area contributed by atoms with Gasteiger partial charge in [-0.05, 0) is 24.6 Å². The summed E-state index contributed by atoms with van der Waals surface area (Å²) in [5, 5.41) is 8.11. The molecule has 4 heterocycles. The number of rotatable bonds is 3. The molecule has 10 heteroatoms. The fourth-order valence-corrected chi connectivity index (χ4v) is 2.81. The van der Waals surface area contributed by atoms with Crippen molar-refractivity contribution in [2.45, 2.75) is 18.5 Å². The van der Waals surface area contributed by atoms with Crippen molar-refractivity contribution in [3.63, 3.8) is 0 Å². The number of alkyl halides is 3. The zero-order valence-electron chi connectivity index (χ0n) is 13.4. The van der Waals surface area contributed by atoms with Crippen LogP contribution in [0.1, 0.15) is 23.9 Å². The summed E-state index contributed by atoms with van der Waals surface area (Å²) >= 11 is 0. The van der Waals surface area contributed by atoms with Crippen LogP contribution in [-0.4, -0.2) is 38.2 Å². The summed E-state index contributed by atoms with van der Waals surface area (Å²) in [6.07, 6.45) is 0.538. The van der Waals surface area contributed by atoms with E-state index in [1.165, 1.54) is 0 Å². The first kappa shape index (κ1) is 16.4. The lowest BCUT2D eigenvalue weighted by Crippen LogP contribution is -2.23. The van der Waals surface area contributed by atoms with Crippen LogP contribution in [0.15, 0.2) is 41.2 Å². The molecule has 1 aliphatic rings. The number of halogens is 3. The summed E-state index contributed by atoms with van der Waals surface area (Å²) in [4.78, 5) is 13.2. The van der Waals surface area contributed by atoms with Gasteiger partial charge >= 0.3 is 6.18 Å². The fraction of sp³-hybridized carbons (Fsp3) is 0.312. The van der Waals surface area contributed by atoms with E-state index in [0.717, 1.165) is 17.8 Å². The fourth-order valence-electron chi connectivity index (χ4n) is 2.81. The van der Waals surface area contributed by atoms with Crippen molar-refractivity contribution in [1.82, 2.24) is 25.1 Å². The minimum Gasteiger partial charge on any atom is -0.420 e. The highest BCUT2D eigenvalue weighted by molar-refractivity contribution is 5.50. The molecule has 0 aromatic carbocycles. The first-order valence-electron chi connectivity index (χ1n) is 7.90. The van der Waals surface area contributed by atoms with E-state index >= 15 is 0 Å². The Morgan fingerprint density at radius 1 is 1.08 bits per heavy atom. The van der Waals surface area contributed by atoms with Gasteiger partial charge in [-0.25, -0.2) is 9.97 Å². The Bertz CT molecular complexity index is 898. The molecule has 0 spiro atoms. The maximum atomic E-state index is 12.8. The molecule has 3 aromatic rings. The smallest absolute Gasteiger partial charge is 0.420 e. The van der Waals surface area contributed by atoms with Gasteiger partial charge in [-0.1, -0.05) is 0 Å². The number of nitrogens with zero attached hydrogens (tertiary/aromatic N) is 6. The van der Waals surface area contributed by atoms with Crippen molar-refractivity contribution in [1.29, 1.82) is 0 Å². The molecule has 26 heavy (non-hydrogen) atoms. The van der Waals surface area contributed by atoms with E-state index in [1.807, 2.05) is 0 Å². The van der Waals surface area contributed by atoms with E-state index < -0.39 is 11.9 Å². The van der Waals surface area contributed by atoms with Gasteiger partial charge in [0.1, 0.15) is 5.69 Å². The SMILES string of the molecule is FC(F)(F)c1ccnc(N2CCC(c3nnc(-c4ccncc4)o3)C2)n1. The van der Waals surface area contributed by atoms with E-state index in [1.54, 1.807) is 29.4 Å². The van der Waals surface area contributed by atoms with Crippen LogP contribution in [-0.2, 0) is 6.18 Å². The van der Waals surface area contributed by atoms with Crippen LogP contribution in [0.2, 0.25) is 0 Å². The van der Waals surface area contributed by atoms with E-state index in [9.17, 15) is 13.2 Å². The lowest BCUT2D eigenvalue weighted by molar-refractivity contribution is -0.141. The van der Waals surface area contributed by atoms with Gasteiger partial charge in [-0.15, -0.1) is 10.2 Å². The number of anilines is 1. The second-order valence-corrected chi connectivity index (χ2v) is 5.85. The molecule has 3 aromatic heterocycles. The van der Waals surface area contributed by atoms with E-state index in [4.69, 9.17) is 4.42 Å². The largest absolute Gasteiger partial charge is 0.433 e. The van der Waals surface area contributed by atoms with Crippen molar-refractivity contribution in [2.24, 2.45) is 0 Å². The van der Waals surface area contributed by atoms with Crippen molar-refractivity contribution < 1.29 is 17.6 Å². The molecule has 0 radical (unpaired) electrons. The Labute approximate surface area is 145 Å². The van der Waals surface area contributed by atoms with Crippen LogP contribution in [0.25, 0.3) is 11.5 Å². The Kier molecular flexibility index (Phi) is 4.02. The van der Waals surface area contributed by atoms with Crippen LogP contribution in [0.3, 0.4) is 0 Å². The number of pyridine rings is 1. The molecular weight excluding hydrogens is 349 g/mol. The Morgan fingerprint density at radius 3 is 2.65 bits per heavy atom. The monoisotopic (exact) mass is 362 g/mol. The quantitative estimate of drug-likeness (QED) is 0.708. The molecule has 1 aliphatic heterocycles. The maximum absolute atomic E-state index is 12.8. The van der Waals surface area contributed by atoms with Crippen molar-refractivity contribution >= 4 is 5.95 Å². The van der Waals surface area contributed by atoms with Gasteiger partial charge in [-0.3, -0.25) is 4.98 Å². The molecule has 0 amide bonds. The predicted molar refractivity (Wildman–Crippen MR) is 84.1 cm³/mol. The molecule has 0 aliphatic carbocycles. The summed E-state index contributed by atoms with van der Waals surface area (Å²) in [6, 6.07) is 4.37. The lowest BCUT2D eigenvalue weighted by Gasteiger charge is -2.16. The first-order chi connectivity index (χ1) is 12.5. The third-order valence-corrected chi connectivity index (χ3v) is 4.12. The minimum absolute atomic E-state index is 0.0520. The first-order valence-corrected chi connectivity index (χ1v) is 7.90. The average molecular weight is 362 g/mol. The highest BCUT2D eigenvalue weighted by Gasteiger charge is 2.35. The summed E-state index contributed by atoms with van der Waals surface area (Å²) in [5.41, 5.74) is -0.196. The molecular formula is C16H13F3N6O. The standard InChI is InChI=1S/C16H13F3N6O/c17-16(18,19)12-3-7-21-15(22-12)25-8-4-11(9-25)14-24-23-13(26-14)10-1-5-20-6-2-10/h1-3,5-7,11H,4,8-9H2. The van der Waals surface area contributed by atoms with Crippen molar-refractivity contribution in [2.75, 3.05) is 18.0 Å². The van der Waals surface area contributed by atoms with E-state index in [0.29, 0.717) is 31.3 Å². The topological polar surface area (TPSA) is 80.8 Å². The molecule has 0 N–H and O–H groups in total. The third kappa shape index (κ3) is 3.22. The van der Waals surface area contributed by atoms with Crippen LogP contribution < -0.4 is 4.90 Å². The van der Waals surface area contributed by atoms with Crippen molar-refractivity contribution in [3.8, 4) is 11.5 Å². The highest BCUT2D eigenvalue weighted by Crippen LogP contribution is 2.32. The van der Waals surface area contributed by atoms with Gasteiger partial charge in [0.05, 0.1) is 5.92 Å². The van der Waals surface area contributed by atoms with E-state index in [-0.39, 0.29) is 11.9 Å². The summed E-state index contributed by atoms with van der Waals surface area (Å²) in [5.74, 6) is 0.801. The van der Waals surface area contributed by atoms with Gasteiger partial charge in [0, 0.05) is 37.2 Å². The minimum atomic E-state index is -4.50. The Morgan fingerprint density at radius 2 is 1.88 bits per heavy atom. The predicted octanol–water partition coefficient (Wildman–Crippen LogP) is 2.93. The third-order valence-electron chi connectivity index (χ3n) is 4.12. The molecule has 7 nitrogen and oxygen atoms in total. The maximum Gasteiger partial charge on any atom is 0.433 e. The second-order valence-electron chi connectivity index (χ2n) is 5.85. The van der Waals surface area contributed by atoms with Gasteiger partial charge in [-0.2, -0.15) is 13.2 Å². The van der Waals surface area contributed by atoms with Crippen LogP contribution >= 0.6 is 0 Å². The normalized spacial score (nSPS) is 17.7. The molecule has 1 unspecified atom stereocenters. The van der Waals surface area contributed by atoms with Gasteiger partial charge in [0.15, 0.2) is 0 Å². The zero-order valence-corrected chi connectivity index (χ0v) is 13.4. The average Bonchev–Trinajstić information content (AvgIpc) is 3.31. The van der Waals surface area contributed by atoms with Gasteiger partial charge in [0.25, 0.3) is 0 Å². The summed E-state index contributed by atoms with van der Waals surface area (Å²) in [6.45, 7) is 0.929. The summed E-state index contributed by atoms with van der Waals surface area (Å²) < 4.78 is 44.2. The van der Waals surface area contributed by atoms with Crippen molar-refractivity contribution in [3.05, 3.63) is 48.4 Å². The summed E-state index contributed by atoms with van der Waals surface area (Å²) in [7, 11) is 0. The number of aromatic nitrogens is 5. The highest BCUT2D eigenvalue weighted by atomic mass is 19.4. The van der Waals surface area contributed by atoms with Gasteiger partial charge < -0.3 is 9.32 Å². The van der Waals surface area contributed by atoms with Crippen LogP contribution in [0, 0.1) is 0 Å². The Hall–Kier alpha value is -3.04. The molecule has 1 atom stereocenters. The van der Waals surface area contributed by atoms with E-state index in [2.05, 4.69) is 25.1 Å². The number of hydrogen-bond donors (Lipinski definition) is 0. The molecule has 134 valence electrons. The second kappa shape index (κ2) is 6.36. The molecule has 1 saturated heterocycles. The lowest BCUT2D eigenvalue weighted by atomic mass is 10.1. The van der Waals surface area contributed by atoms with Crippen LogP contribution in [0.4, 0.5) is 19.1 Å². The molecule has 0 saturated carbocycles. The van der Waals surface area contributed by atoms with Crippen LogP contribution in [0.5, 0.6) is 0 Å². The molecule has 4 rings (SSSR count). The zero-order chi connectivity index (χ0) is 18.1.